The highest BCUT2D eigenvalue weighted by Crippen LogP contribution is 2.45. The van der Waals surface area contributed by atoms with Crippen molar-refractivity contribution in [1.82, 2.24) is 0 Å². The zero-order valence-corrected chi connectivity index (χ0v) is 29.6. The van der Waals surface area contributed by atoms with Crippen LogP contribution in [0.4, 0.5) is 0 Å². The van der Waals surface area contributed by atoms with E-state index in [1.807, 2.05) is 0 Å². The molecule has 0 bridgehead atoms. The Morgan fingerprint density at radius 1 is 0.185 bits per heavy atom. The molecule has 0 aromatic heterocycles. The summed E-state index contributed by atoms with van der Waals surface area (Å²) in [5.41, 5.74) is 10.0. The van der Waals surface area contributed by atoms with E-state index in [1.165, 1.54) is 109 Å². The first kappa shape index (κ1) is 30.6. The van der Waals surface area contributed by atoms with E-state index < -0.39 is 0 Å². The summed E-state index contributed by atoms with van der Waals surface area (Å²) < 4.78 is 0. The molecule has 0 radical (unpaired) electrons. The molecule has 11 rings (SSSR count). The van der Waals surface area contributed by atoms with Gasteiger partial charge >= 0.3 is 0 Å². The van der Waals surface area contributed by atoms with E-state index in [-0.39, 0.29) is 0 Å². The first-order valence-corrected chi connectivity index (χ1v) is 18.7. The summed E-state index contributed by atoms with van der Waals surface area (Å²) in [5.74, 6) is 0. The van der Waals surface area contributed by atoms with E-state index in [0.717, 1.165) is 0 Å². The van der Waals surface area contributed by atoms with Crippen LogP contribution in [-0.4, -0.2) is 0 Å². The molecule has 0 heteroatoms. The van der Waals surface area contributed by atoms with Gasteiger partial charge in [-0.05, 0) is 139 Å². The van der Waals surface area contributed by atoms with Gasteiger partial charge < -0.3 is 0 Å². The quantitative estimate of drug-likeness (QED) is 0.128. The molecule has 0 heterocycles. The molecule has 250 valence electrons. The van der Waals surface area contributed by atoms with Gasteiger partial charge in [-0.2, -0.15) is 0 Å². The molecule has 0 aliphatic heterocycles. The Kier molecular flexibility index (Phi) is 6.97. The van der Waals surface area contributed by atoms with Crippen molar-refractivity contribution in [2.75, 3.05) is 0 Å². The van der Waals surface area contributed by atoms with Crippen LogP contribution in [0.25, 0.3) is 109 Å². The molecule has 11 aromatic carbocycles. The zero-order valence-electron chi connectivity index (χ0n) is 29.6. The van der Waals surface area contributed by atoms with E-state index in [4.69, 9.17) is 0 Å². The Labute approximate surface area is 314 Å². The molecule has 0 N–H and O–H groups in total. The first-order valence-electron chi connectivity index (χ1n) is 18.7. The molecule has 0 unspecified atom stereocenters. The van der Waals surface area contributed by atoms with E-state index in [0.29, 0.717) is 0 Å². The molecule has 0 saturated heterocycles. The van der Waals surface area contributed by atoms with Gasteiger partial charge in [-0.3, -0.25) is 0 Å². The summed E-state index contributed by atoms with van der Waals surface area (Å²) in [6.07, 6.45) is 0. The number of benzene rings is 11. The second-order valence-electron chi connectivity index (χ2n) is 14.5. The molecule has 11 aromatic rings. The van der Waals surface area contributed by atoms with Crippen LogP contribution >= 0.6 is 0 Å². The second kappa shape index (κ2) is 12.3. The predicted octanol–water partition coefficient (Wildman–Crippen LogP) is 15.3. The lowest BCUT2D eigenvalue weighted by Gasteiger charge is -2.18. The standard InChI is InChI=1S/C54H34/c1-2-13-36(14-3-1)51-33-38-16-6-7-17-39(38)34-52(51)42-26-28-45-40(31-42)23-24-41-32-44(27-29-46(41)45)54-49-20-10-8-18-47(49)53(48-19-9-11-21-50(48)54)43-25-22-35-12-4-5-15-37(35)30-43/h1-34H. The lowest BCUT2D eigenvalue weighted by Crippen LogP contribution is -1.91. The van der Waals surface area contributed by atoms with Gasteiger partial charge in [0.2, 0.25) is 0 Å². The molecule has 0 nitrogen and oxygen atoms in total. The molecule has 0 spiro atoms. The molecular formula is C54H34. The topological polar surface area (TPSA) is 0 Å². The molecule has 0 saturated carbocycles. The average molecular weight is 683 g/mol. The highest BCUT2D eigenvalue weighted by Gasteiger charge is 2.18. The normalized spacial score (nSPS) is 11.7. The van der Waals surface area contributed by atoms with Crippen molar-refractivity contribution < 1.29 is 0 Å². The number of hydrogen-bond donors (Lipinski definition) is 0. The SMILES string of the molecule is c1ccc(-c2cc3ccccc3cc2-c2ccc3c(ccc4cc(-c5c6ccccc6c(-c6ccc7ccccc7c6)c6ccccc56)ccc43)c2)cc1. The van der Waals surface area contributed by atoms with E-state index >= 15 is 0 Å². The summed E-state index contributed by atoms with van der Waals surface area (Å²) in [6, 6.07) is 76.2. The van der Waals surface area contributed by atoms with E-state index in [2.05, 4.69) is 206 Å². The summed E-state index contributed by atoms with van der Waals surface area (Å²) in [6.45, 7) is 0. The lowest BCUT2D eigenvalue weighted by molar-refractivity contribution is 1.62. The van der Waals surface area contributed by atoms with Gasteiger partial charge in [0.15, 0.2) is 0 Å². The fourth-order valence-corrected chi connectivity index (χ4v) is 8.83. The predicted molar refractivity (Wildman–Crippen MR) is 233 cm³/mol. The lowest BCUT2D eigenvalue weighted by atomic mass is 9.85. The average Bonchev–Trinajstić information content (AvgIpc) is 3.24. The molecule has 0 aliphatic rings. The van der Waals surface area contributed by atoms with Crippen molar-refractivity contribution in [2.24, 2.45) is 0 Å². The van der Waals surface area contributed by atoms with Crippen molar-refractivity contribution in [3.05, 3.63) is 206 Å². The second-order valence-corrected chi connectivity index (χ2v) is 14.5. The van der Waals surface area contributed by atoms with Gasteiger partial charge in [0, 0.05) is 0 Å². The van der Waals surface area contributed by atoms with Crippen LogP contribution in [0.2, 0.25) is 0 Å². The third-order valence-corrected chi connectivity index (χ3v) is 11.4. The third kappa shape index (κ3) is 4.92. The Bertz CT molecular complexity index is 3200. The van der Waals surface area contributed by atoms with Crippen molar-refractivity contribution in [2.45, 2.75) is 0 Å². The van der Waals surface area contributed by atoms with Gasteiger partial charge in [0.05, 0.1) is 0 Å². The maximum atomic E-state index is 2.39. The van der Waals surface area contributed by atoms with Crippen molar-refractivity contribution in [1.29, 1.82) is 0 Å². The largest absolute Gasteiger partial charge is 0.0622 e. The summed E-state index contributed by atoms with van der Waals surface area (Å²) in [4.78, 5) is 0. The van der Waals surface area contributed by atoms with Gasteiger partial charge in [0.1, 0.15) is 0 Å². The summed E-state index contributed by atoms with van der Waals surface area (Å²) in [7, 11) is 0. The van der Waals surface area contributed by atoms with Gasteiger partial charge in [-0.1, -0.05) is 176 Å². The maximum absolute atomic E-state index is 2.39. The van der Waals surface area contributed by atoms with Crippen LogP contribution in [-0.2, 0) is 0 Å². The third-order valence-electron chi connectivity index (χ3n) is 11.4. The fraction of sp³-hybridized carbons (Fsp3) is 0. The molecule has 0 fully saturated rings. The van der Waals surface area contributed by atoms with Crippen molar-refractivity contribution >= 4 is 64.6 Å². The van der Waals surface area contributed by atoms with E-state index in [9.17, 15) is 0 Å². The minimum Gasteiger partial charge on any atom is -0.0622 e. The van der Waals surface area contributed by atoms with Crippen molar-refractivity contribution in [3.63, 3.8) is 0 Å². The summed E-state index contributed by atoms with van der Waals surface area (Å²) >= 11 is 0. The van der Waals surface area contributed by atoms with Crippen LogP contribution in [0.5, 0.6) is 0 Å². The van der Waals surface area contributed by atoms with Gasteiger partial charge in [-0.25, -0.2) is 0 Å². The van der Waals surface area contributed by atoms with Crippen LogP contribution in [0, 0.1) is 0 Å². The van der Waals surface area contributed by atoms with Crippen molar-refractivity contribution in [3.8, 4) is 44.5 Å². The molecule has 0 aliphatic carbocycles. The van der Waals surface area contributed by atoms with Gasteiger partial charge in [0.25, 0.3) is 0 Å². The first-order chi connectivity index (χ1) is 26.8. The Hall–Kier alpha value is -7.02. The number of rotatable bonds is 4. The fourth-order valence-electron chi connectivity index (χ4n) is 8.83. The van der Waals surface area contributed by atoms with E-state index in [1.54, 1.807) is 0 Å². The smallest absolute Gasteiger partial charge is 0.00262 e. The Morgan fingerprint density at radius 2 is 0.556 bits per heavy atom. The zero-order chi connectivity index (χ0) is 35.6. The molecule has 54 heavy (non-hydrogen) atoms. The van der Waals surface area contributed by atoms with Crippen LogP contribution < -0.4 is 0 Å². The Balaban J connectivity index is 1.07. The minimum absolute atomic E-state index is 1.23. The molecule has 0 atom stereocenters. The monoisotopic (exact) mass is 682 g/mol. The van der Waals surface area contributed by atoms with Crippen LogP contribution in [0.15, 0.2) is 206 Å². The number of hydrogen-bond acceptors (Lipinski definition) is 0. The summed E-state index contributed by atoms with van der Waals surface area (Å²) in [5, 5.41) is 15.2. The maximum Gasteiger partial charge on any atom is -0.00262 e. The number of fused-ring (bicyclic) bond motifs is 7. The van der Waals surface area contributed by atoms with Crippen LogP contribution in [0.1, 0.15) is 0 Å². The van der Waals surface area contributed by atoms with Crippen LogP contribution in [0.3, 0.4) is 0 Å². The highest BCUT2D eigenvalue weighted by atomic mass is 14.2. The highest BCUT2D eigenvalue weighted by molar-refractivity contribution is 6.22. The molecule has 0 amide bonds. The minimum atomic E-state index is 1.23. The molecular weight excluding hydrogens is 649 g/mol. The van der Waals surface area contributed by atoms with Gasteiger partial charge in [-0.15, -0.1) is 0 Å². The Morgan fingerprint density at radius 3 is 1.11 bits per heavy atom.